The van der Waals surface area contributed by atoms with Crippen molar-refractivity contribution in [1.82, 2.24) is 10.2 Å². The van der Waals surface area contributed by atoms with Crippen molar-refractivity contribution in [2.45, 2.75) is 52.7 Å². The van der Waals surface area contributed by atoms with E-state index in [2.05, 4.69) is 5.32 Å². The third kappa shape index (κ3) is 7.86. The summed E-state index contributed by atoms with van der Waals surface area (Å²) in [6.07, 6.45) is 0.391. The second kappa shape index (κ2) is 12.4. The van der Waals surface area contributed by atoms with Gasteiger partial charge in [-0.1, -0.05) is 60.1 Å². The molecule has 6 heteroatoms. The van der Waals surface area contributed by atoms with Gasteiger partial charge in [0.2, 0.25) is 5.91 Å². The lowest BCUT2D eigenvalue weighted by atomic mass is 10.0. The number of aryl methyl sites for hydroxylation is 2. The number of ether oxygens (including phenoxy) is 1. The number of amides is 2. The second-order valence-electron chi connectivity index (χ2n) is 9.05. The molecule has 0 aliphatic carbocycles. The summed E-state index contributed by atoms with van der Waals surface area (Å²) in [6.45, 7) is 7.94. The normalized spacial score (nSPS) is 11.7. The van der Waals surface area contributed by atoms with Gasteiger partial charge in [0, 0.05) is 24.0 Å². The number of hydrogen-bond acceptors (Lipinski definition) is 3. The van der Waals surface area contributed by atoms with Crippen molar-refractivity contribution in [2.75, 3.05) is 6.61 Å². The van der Waals surface area contributed by atoms with Crippen molar-refractivity contribution < 1.29 is 14.3 Å². The third-order valence-electron chi connectivity index (χ3n) is 5.81. The Kier molecular flexibility index (Phi) is 9.32. The number of benzene rings is 3. The van der Waals surface area contributed by atoms with Crippen LogP contribution < -0.4 is 10.1 Å². The van der Waals surface area contributed by atoms with Crippen molar-refractivity contribution in [1.29, 1.82) is 0 Å². The van der Waals surface area contributed by atoms with Gasteiger partial charge in [-0.15, -0.1) is 0 Å². The van der Waals surface area contributed by atoms with E-state index in [1.165, 1.54) is 0 Å². The van der Waals surface area contributed by atoms with Crippen LogP contribution in [0.1, 0.15) is 36.1 Å². The van der Waals surface area contributed by atoms with E-state index in [9.17, 15) is 9.59 Å². The molecule has 0 unspecified atom stereocenters. The fourth-order valence-corrected chi connectivity index (χ4v) is 3.88. The van der Waals surface area contributed by atoms with E-state index in [0.29, 0.717) is 17.2 Å². The van der Waals surface area contributed by atoms with Crippen molar-refractivity contribution >= 4 is 23.4 Å². The molecule has 0 radical (unpaired) electrons. The van der Waals surface area contributed by atoms with E-state index in [1.807, 2.05) is 88.4 Å². The van der Waals surface area contributed by atoms with Crippen LogP contribution in [-0.4, -0.2) is 35.4 Å². The van der Waals surface area contributed by atoms with Crippen LogP contribution in [0.2, 0.25) is 5.02 Å². The highest BCUT2D eigenvalue weighted by Crippen LogP contribution is 2.19. The molecular formula is C29H33ClN2O3. The van der Waals surface area contributed by atoms with Crippen LogP contribution in [0.3, 0.4) is 0 Å². The molecule has 3 rings (SSSR count). The molecule has 1 atom stereocenters. The molecule has 5 nitrogen and oxygen atoms in total. The molecule has 3 aromatic carbocycles. The van der Waals surface area contributed by atoms with Crippen LogP contribution in [0.5, 0.6) is 5.75 Å². The van der Waals surface area contributed by atoms with Crippen LogP contribution in [0.25, 0.3) is 0 Å². The summed E-state index contributed by atoms with van der Waals surface area (Å²) in [4.78, 5) is 28.5. The fourth-order valence-electron chi connectivity index (χ4n) is 3.75. The standard InChI is InChI=1S/C29H33ClN2O3/c1-20(2)31-29(34)27(17-23-8-6-5-7-9-23)32(18-24-11-13-25(30)14-12-24)28(33)19-35-26-15-10-21(3)22(4)16-26/h5-16,20,27H,17-19H2,1-4H3,(H,31,34)/t27-/m1/s1. The quantitative estimate of drug-likeness (QED) is 0.406. The number of nitrogens with zero attached hydrogens (tertiary/aromatic N) is 1. The minimum Gasteiger partial charge on any atom is -0.484 e. The molecule has 0 heterocycles. The van der Waals surface area contributed by atoms with Gasteiger partial charge in [0.05, 0.1) is 0 Å². The Balaban J connectivity index is 1.90. The summed E-state index contributed by atoms with van der Waals surface area (Å²) in [5.74, 6) is 0.162. The first-order chi connectivity index (χ1) is 16.7. The lowest BCUT2D eigenvalue weighted by Gasteiger charge is -2.32. The van der Waals surface area contributed by atoms with E-state index < -0.39 is 6.04 Å². The van der Waals surface area contributed by atoms with Crippen LogP contribution >= 0.6 is 11.6 Å². The highest BCUT2D eigenvalue weighted by molar-refractivity contribution is 6.30. The molecule has 0 aliphatic rings. The van der Waals surface area contributed by atoms with Gasteiger partial charge < -0.3 is 15.0 Å². The Hall–Kier alpha value is -3.31. The zero-order chi connectivity index (χ0) is 25.4. The highest BCUT2D eigenvalue weighted by atomic mass is 35.5. The van der Waals surface area contributed by atoms with Gasteiger partial charge in [-0.2, -0.15) is 0 Å². The predicted octanol–water partition coefficient (Wildman–Crippen LogP) is 5.50. The summed E-state index contributed by atoms with van der Waals surface area (Å²) in [6, 6.07) is 22.0. The summed E-state index contributed by atoms with van der Waals surface area (Å²) in [5.41, 5.74) is 4.09. The number of nitrogens with one attached hydrogen (secondary N) is 1. The molecule has 1 N–H and O–H groups in total. The van der Waals surface area contributed by atoms with Crippen molar-refractivity contribution in [2.24, 2.45) is 0 Å². The van der Waals surface area contributed by atoms with Crippen LogP contribution in [0, 0.1) is 13.8 Å². The molecule has 0 fully saturated rings. The Labute approximate surface area is 213 Å². The van der Waals surface area contributed by atoms with Crippen LogP contribution in [0.15, 0.2) is 72.8 Å². The maximum Gasteiger partial charge on any atom is 0.261 e. The summed E-state index contributed by atoms with van der Waals surface area (Å²) in [7, 11) is 0. The van der Waals surface area contributed by atoms with Crippen LogP contribution in [-0.2, 0) is 22.6 Å². The number of hydrogen-bond donors (Lipinski definition) is 1. The molecule has 184 valence electrons. The molecule has 35 heavy (non-hydrogen) atoms. The molecule has 0 spiro atoms. The minimum atomic E-state index is -0.702. The van der Waals surface area contributed by atoms with Crippen molar-refractivity contribution in [3.05, 3.63) is 100 Å². The lowest BCUT2D eigenvalue weighted by molar-refractivity contribution is -0.143. The van der Waals surface area contributed by atoms with E-state index in [-0.39, 0.29) is 31.0 Å². The molecule has 0 aromatic heterocycles. The molecule has 3 aromatic rings. The summed E-state index contributed by atoms with van der Waals surface area (Å²) < 4.78 is 5.86. The van der Waals surface area contributed by atoms with E-state index in [0.717, 1.165) is 22.3 Å². The van der Waals surface area contributed by atoms with Gasteiger partial charge >= 0.3 is 0 Å². The largest absolute Gasteiger partial charge is 0.484 e. The van der Waals surface area contributed by atoms with Crippen molar-refractivity contribution in [3.63, 3.8) is 0 Å². The minimum absolute atomic E-state index is 0.0555. The maximum atomic E-state index is 13.6. The second-order valence-corrected chi connectivity index (χ2v) is 9.49. The molecule has 0 aliphatic heterocycles. The number of carbonyl (C=O) groups excluding carboxylic acids is 2. The number of carbonyl (C=O) groups is 2. The van der Waals surface area contributed by atoms with E-state index in [4.69, 9.17) is 16.3 Å². The third-order valence-corrected chi connectivity index (χ3v) is 6.06. The highest BCUT2D eigenvalue weighted by Gasteiger charge is 2.31. The topological polar surface area (TPSA) is 58.6 Å². The monoisotopic (exact) mass is 492 g/mol. The maximum absolute atomic E-state index is 13.6. The van der Waals surface area contributed by atoms with Crippen LogP contribution in [0.4, 0.5) is 0 Å². The van der Waals surface area contributed by atoms with Gasteiger partial charge in [-0.05, 0) is 74.2 Å². The molecular weight excluding hydrogens is 460 g/mol. The molecule has 0 saturated carbocycles. The Morgan fingerprint density at radius 1 is 0.914 bits per heavy atom. The zero-order valence-electron chi connectivity index (χ0n) is 20.8. The van der Waals surface area contributed by atoms with E-state index in [1.54, 1.807) is 17.0 Å². The summed E-state index contributed by atoms with van der Waals surface area (Å²) in [5, 5.41) is 3.60. The lowest BCUT2D eigenvalue weighted by Crippen LogP contribution is -2.52. The van der Waals surface area contributed by atoms with Gasteiger partial charge in [0.1, 0.15) is 11.8 Å². The average molecular weight is 493 g/mol. The first-order valence-corrected chi connectivity index (χ1v) is 12.2. The van der Waals surface area contributed by atoms with Gasteiger partial charge in [0.15, 0.2) is 6.61 Å². The SMILES string of the molecule is Cc1ccc(OCC(=O)N(Cc2ccc(Cl)cc2)[C@H](Cc2ccccc2)C(=O)NC(C)C)cc1C. The van der Waals surface area contributed by atoms with Gasteiger partial charge in [-0.3, -0.25) is 9.59 Å². The zero-order valence-corrected chi connectivity index (χ0v) is 21.5. The Morgan fingerprint density at radius 2 is 1.60 bits per heavy atom. The number of halogens is 1. The number of rotatable bonds is 10. The first-order valence-electron chi connectivity index (χ1n) is 11.8. The molecule has 2 amide bonds. The van der Waals surface area contributed by atoms with Gasteiger partial charge in [0.25, 0.3) is 5.91 Å². The predicted molar refractivity (Wildman–Crippen MR) is 141 cm³/mol. The first kappa shape index (κ1) is 26.3. The van der Waals surface area contributed by atoms with E-state index >= 15 is 0 Å². The smallest absolute Gasteiger partial charge is 0.261 e. The van der Waals surface area contributed by atoms with Crippen molar-refractivity contribution in [3.8, 4) is 5.75 Å². The molecule has 0 bridgehead atoms. The Bertz CT molecular complexity index is 1130. The average Bonchev–Trinajstić information content (AvgIpc) is 2.83. The summed E-state index contributed by atoms with van der Waals surface area (Å²) >= 11 is 6.07. The molecule has 0 saturated heterocycles. The Morgan fingerprint density at radius 3 is 2.23 bits per heavy atom. The van der Waals surface area contributed by atoms with Gasteiger partial charge in [-0.25, -0.2) is 0 Å². The fraction of sp³-hybridized carbons (Fsp3) is 0.310.